The van der Waals surface area contributed by atoms with Crippen molar-refractivity contribution in [2.24, 2.45) is 0 Å². The summed E-state index contributed by atoms with van der Waals surface area (Å²) in [5.41, 5.74) is 0.160. The number of halogens is 3. The van der Waals surface area contributed by atoms with Crippen LogP contribution in [0.4, 0.5) is 19.1 Å². The Hall–Kier alpha value is -2.31. The van der Waals surface area contributed by atoms with Crippen molar-refractivity contribution in [3.63, 3.8) is 0 Å². The molecule has 0 saturated heterocycles. The molecule has 2 N–H and O–H groups in total. The van der Waals surface area contributed by atoms with E-state index in [0.29, 0.717) is 6.07 Å². The lowest BCUT2D eigenvalue weighted by molar-refractivity contribution is -0.141. The van der Waals surface area contributed by atoms with Crippen molar-refractivity contribution in [2.75, 3.05) is 5.32 Å². The van der Waals surface area contributed by atoms with Crippen LogP contribution in [0.15, 0.2) is 35.1 Å². The number of aromatic nitrogens is 2. The highest BCUT2D eigenvalue weighted by Gasteiger charge is 2.34. The molecule has 1 aromatic heterocycles. The van der Waals surface area contributed by atoms with Gasteiger partial charge in [0.15, 0.2) is 5.69 Å². The average Bonchev–Trinajstić information content (AvgIpc) is 2.81. The SMILES string of the molecule is O=c1cc(C(F)(F)F)nc(NC2CCc3ccccc32)[nH]1. The number of nitrogens with one attached hydrogen (secondary N) is 2. The number of hydrogen-bond acceptors (Lipinski definition) is 3. The lowest BCUT2D eigenvalue weighted by Crippen LogP contribution is -2.20. The van der Waals surface area contributed by atoms with Crippen LogP contribution in [0.5, 0.6) is 0 Å². The van der Waals surface area contributed by atoms with Gasteiger partial charge in [0.05, 0.1) is 6.04 Å². The minimum Gasteiger partial charge on any atom is -0.349 e. The standard InChI is InChI=1S/C14H12F3N3O/c15-14(16,17)11-7-12(21)20-13(19-11)18-10-6-5-8-3-1-2-4-9(8)10/h1-4,7,10H,5-6H2,(H2,18,19,20,21). The fourth-order valence-corrected chi connectivity index (χ4v) is 2.54. The van der Waals surface area contributed by atoms with Crippen LogP contribution < -0.4 is 10.9 Å². The van der Waals surface area contributed by atoms with Gasteiger partial charge in [-0.15, -0.1) is 0 Å². The van der Waals surface area contributed by atoms with Gasteiger partial charge in [0.1, 0.15) is 0 Å². The van der Waals surface area contributed by atoms with Crippen molar-refractivity contribution in [3.8, 4) is 0 Å². The Kier molecular flexibility index (Phi) is 3.19. The molecule has 1 unspecified atom stereocenters. The third-order valence-corrected chi connectivity index (χ3v) is 3.48. The van der Waals surface area contributed by atoms with Crippen LogP contribution >= 0.6 is 0 Å². The van der Waals surface area contributed by atoms with Crippen molar-refractivity contribution in [1.29, 1.82) is 0 Å². The predicted molar refractivity (Wildman–Crippen MR) is 71.0 cm³/mol. The first-order chi connectivity index (χ1) is 9.93. The first-order valence-corrected chi connectivity index (χ1v) is 6.46. The first-order valence-electron chi connectivity index (χ1n) is 6.46. The van der Waals surface area contributed by atoms with Gasteiger partial charge in [0.2, 0.25) is 5.95 Å². The summed E-state index contributed by atoms with van der Waals surface area (Å²) in [5.74, 6) is -0.156. The van der Waals surface area contributed by atoms with Gasteiger partial charge in [-0.3, -0.25) is 9.78 Å². The number of rotatable bonds is 2. The molecule has 0 spiro atoms. The summed E-state index contributed by atoms with van der Waals surface area (Å²) in [6, 6.07) is 8.01. The quantitative estimate of drug-likeness (QED) is 0.895. The molecule has 0 amide bonds. The summed E-state index contributed by atoms with van der Waals surface area (Å²) >= 11 is 0. The molecular weight excluding hydrogens is 283 g/mol. The Morgan fingerprint density at radius 3 is 2.81 bits per heavy atom. The fraction of sp³-hybridized carbons (Fsp3) is 0.286. The maximum Gasteiger partial charge on any atom is 0.433 e. The number of benzene rings is 1. The molecule has 1 aliphatic carbocycles. The molecule has 3 rings (SSSR count). The Morgan fingerprint density at radius 1 is 1.29 bits per heavy atom. The summed E-state index contributed by atoms with van der Waals surface area (Å²) in [4.78, 5) is 17.1. The van der Waals surface area contributed by atoms with Gasteiger partial charge < -0.3 is 5.32 Å². The second-order valence-electron chi connectivity index (χ2n) is 4.91. The van der Waals surface area contributed by atoms with Gasteiger partial charge in [-0.05, 0) is 24.0 Å². The zero-order valence-electron chi connectivity index (χ0n) is 10.9. The second kappa shape index (κ2) is 4.91. The van der Waals surface area contributed by atoms with E-state index in [1.54, 1.807) is 0 Å². The molecule has 1 aliphatic rings. The summed E-state index contributed by atoms with van der Waals surface area (Å²) in [6.07, 6.45) is -3.05. The minimum atomic E-state index is -4.64. The third kappa shape index (κ3) is 2.76. The van der Waals surface area contributed by atoms with E-state index in [-0.39, 0.29) is 12.0 Å². The number of nitrogens with zero attached hydrogens (tertiary/aromatic N) is 1. The van der Waals surface area contributed by atoms with E-state index in [1.165, 1.54) is 0 Å². The van der Waals surface area contributed by atoms with Gasteiger partial charge in [-0.2, -0.15) is 13.2 Å². The molecule has 110 valence electrons. The van der Waals surface area contributed by atoms with Crippen molar-refractivity contribution in [2.45, 2.75) is 25.1 Å². The molecule has 7 heteroatoms. The fourth-order valence-electron chi connectivity index (χ4n) is 2.54. The molecule has 0 aliphatic heterocycles. The van der Waals surface area contributed by atoms with Crippen LogP contribution in [-0.4, -0.2) is 9.97 Å². The van der Waals surface area contributed by atoms with E-state index >= 15 is 0 Å². The molecule has 0 bridgehead atoms. The lowest BCUT2D eigenvalue weighted by Gasteiger charge is -2.15. The van der Waals surface area contributed by atoms with Gasteiger partial charge in [0, 0.05) is 6.07 Å². The zero-order valence-corrected chi connectivity index (χ0v) is 10.9. The number of alkyl halides is 3. The summed E-state index contributed by atoms with van der Waals surface area (Å²) in [7, 11) is 0. The molecule has 2 aromatic rings. The molecule has 1 aromatic carbocycles. The number of hydrogen-bond donors (Lipinski definition) is 2. The number of aryl methyl sites for hydroxylation is 1. The topological polar surface area (TPSA) is 57.8 Å². The Balaban J connectivity index is 1.90. The van der Waals surface area contributed by atoms with Crippen molar-refractivity contribution in [3.05, 3.63) is 57.5 Å². The average molecular weight is 295 g/mol. The van der Waals surface area contributed by atoms with Gasteiger partial charge in [-0.1, -0.05) is 24.3 Å². The predicted octanol–water partition coefficient (Wildman–Crippen LogP) is 2.89. The molecule has 4 nitrogen and oxygen atoms in total. The highest BCUT2D eigenvalue weighted by Crippen LogP contribution is 2.33. The van der Waals surface area contributed by atoms with Crippen molar-refractivity contribution in [1.82, 2.24) is 9.97 Å². The van der Waals surface area contributed by atoms with E-state index in [1.807, 2.05) is 24.3 Å². The van der Waals surface area contributed by atoms with Crippen molar-refractivity contribution < 1.29 is 13.2 Å². The molecule has 1 atom stereocenters. The summed E-state index contributed by atoms with van der Waals surface area (Å²) in [5, 5.41) is 2.88. The monoisotopic (exact) mass is 295 g/mol. The zero-order chi connectivity index (χ0) is 15.0. The largest absolute Gasteiger partial charge is 0.433 e. The third-order valence-electron chi connectivity index (χ3n) is 3.48. The Labute approximate surface area is 118 Å². The second-order valence-corrected chi connectivity index (χ2v) is 4.91. The van der Waals surface area contributed by atoms with Crippen LogP contribution in [0, 0.1) is 0 Å². The Bertz CT molecular complexity index is 724. The van der Waals surface area contributed by atoms with Gasteiger partial charge in [0.25, 0.3) is 5.56 Å². The van der Waals surface area contributed by atoms with Crippen LogP contribution in [0.3, 0.4) is 0 Å². The first kappa shape index (κ1) is 13.7. The normalized spacial score (nSPS) is 17.6. The number of anilines is 1. The number of H-pyrrole nitrogens is 1. The van der Waals surface area contributed by atoms with Gasteiger partial charge in [-0.25, -0.2) is 4.98 Å². The van der Waals surface area contributed by atoms with E-state index in [0.717, 1.165) is 24.0 Å². The van der Waals surface area contributed by atoms with Crippen molar-refractivity contribution >= 4 is 5.95 Å². The lowest BCUT2D eigenvalue weighted by atomic mass is 10.1. The maximum absolute atomic E-state index is 12.7. The Morgan fingerprint density at radius 2 is 2.05 bits per heavy atom. The minimum absolute atomic E-state index is 0.146. The molecule has 0 fully saturated rings. The van der Waals surface area contributed by atoms with E-state index < -0.39 is 17.4 Å². The summed E-state index contributed by atoms with van der Waals surface area (Å²) < 4.78 is 38.0. The highest BCUT2D eigenvalue weighted by molar-refractivity contribution is 5.40. The molecule has 1 heterocycles. The van der Waals surface area contributed by atoms with E-state index in [4.69, 9.17) is 0 Å². The molecule has 0 radical (unpaired) electrons. The number of fused-ring (bicyclic) bond motifs is 1. The van der Waals surface area contributed by atoms with Crippen LogP contribution in [-0.2, 0) is 12.6 Å². The number of aromatic amines is 1. The maximum atomic E-state index is 12.7. The molecule has 21 heavy (non-hydrogen) atoms. The molecule has 0 saturated carbocycles. The van der Waals surface area contributed by atoms with Crippen LogP contribution in [0.25, 0.3) is 0 Å². The molecular formula is C14H12F3N3O. The van der Waals surface area contributed by atoms with E-state index in [2.05, 4.69) is 15.3 Å². The van der Waals surface area contributed by atoms with Gasteiger partial charge >= 0.3 is 6.18 Å². The van der Waals surface area contributed by atoms with Crippen LogP contribution in [0.1, 0.15) is 29.3 Å². The van der Waals surface area contributed by atoms with Crippen LogP contribution in [0.2, 0.25) is 0 Å². The highest BCUT2D eigenvalue weighted by atomic mass is 19.4. The summed E-state index contributed by atoms with van der Waals surface area (Å²) in [6.45, 7) is 0. The van der Waals surface area contributed by atoms with E-state index in [9.17, 15) is 18.0 Å². The smallest absolute Gasteiger partial charge is 0.349 e.